The van der Waals surface area contributed by atoms with E-state index in [4.69, 9.17) is 10.5 Å². The van der Waals surface area contributed by atoms with E-state index in [1.165, 1.54) is 11.3 Å². The molecule has 0 saturated carbocycles. The molecule has 2 heterocycles. The maximum atomic E-state index is 5.48. The fraction of sp³-hybridized carbons (Fsp3) is 0.125. The number of anilines is 1. The summed E-state index contributed by atoms with van der Waals surface area (Å²) in [5, 5.41) is 8.83. The van der Waals surface area contributed by atoms with Crippen molar-refractivity contribution in [3.05, 3.63) is 18.5 Å². The van der Waals surface area contributed by atoms with E-state index in [-0.39, 0.29) is 0 Å². The Bertz CT molecular complexity index is 442. The van der Waals surface area contributed by atoms with Crippen molar-refractivity contribution in [1.29, 1.82) is 0 Å². The highest BCUT2D eigenvalue weighted by molar-refractivity contribution is 7.18. The molecule has 0 spiro atoms. The van der Waals surface area contributed by atoms with Crippen molar-refractivity contribution >= 4 is 16.5 Å². The van der Waals surface area contributed by atoms with Gasteiger partial charge in [0, 0.05) is 11.8 Å². The number of methoxy groups -OCH3 is 1. The molecule has 2 aromatic rings. The van der Waals surface area contributed by atoms with Gasteiger partial charge in [-0.1, -0.05) is 11.3 Å². The summed E-state index contributed by atoms with van der Waals surface area (Å²) in [4.78, 5) is 4.01. The lowest BCUT2D eigenvalue weighted by Gasteiger charge is -1.99. The molecule has 0 aromatic carbocycles. The second-order valence-corrected chi connectivity index (χ2v) is 3.57. The second-order valence-electron chi connectivity index (χ2n) is 2.56. The summed E-state index contributed by atoms with van der Waals surface area (Å²) in [7, 11) is 1.59. The molecule has 2 aromatic heterocycles. The molecule has 0 fully saturated rings. The Morgan fingerprint density at radius 2 is 2.21 bits per heavy atom. The lowest BCUT2D eigenvalue weighted by atomic mass is 10.3. The Morgan fingerprint density at radius 3 is 2.86 bits per heavy atom. The third-order valence-corrected chi connectivity index (χ3v) is 2.44. The molecule has 0 unspecified atom stereocenters. The Balaban J connectivity index is 2.41. The van der Waals surface area contributed by atoms with Gasteiger partial charge in [0.15, 0.2) is 5.01 Å². The van der Waals surface area contributed by atoms with Crippen LogP contribution >= 0.6 is 11.3 Å². The first-order valence-electron chi connectivity index (χ1n) is 3.88. The van der Waals surface area contributed by atoms with E-state index in [1.54, 1.807) is 19.5 Å². The number of nitrogen functional groups attached to an aromatic ring is 1. The molecular weight excluding hydrogens is 200 g/mol. The zero-order valence-electron chi connectivity index (χ0n) is 7.47. The molecule has 0 aliphatic carbocycles. The number of hydrogen-bond donors (Lipinski definition) is 1. The minimum atomic E-state index is 0.447. The van der Waals surface area contributed by atoms with Crippen LogP contribution in [0.4, 0.5) is 5.13 Å². The van der Waals surface area contributed by atoms with Gasteiger partial charge in [0.2, 0.25) is 5.13 Å². The summed E-state index contributed by atoms with van der Waals surface area (Å²) in [5.74, 6) is 0.691. The third kappa shape index (κ3) is 1.64. The third-order valence-electron chi connectivity index (χ3n) is 1.64. The van der Waals surface area contributed by atoms with Crippen LogP contribution in [0.3, 0.4) is 0 Å². The standard InChI is InChI=1S/C8H8N4OS/c1-13-6-2-5(3-10-4-6)7-11-12-8(9)14-7/h2-4H,1H3,(H2,9,12). The predicted octanol–water partition coefficient (Wildman–Crippen LogP) is 1.19. The number of ether oxygens (including phenoxy) is 1. The van der Waals surface area contributed by atoms with Crippen molar-refractivity contribution in [2.45, 2.75) is 0 Å². The Labute approximate surface area is 84.6 Å². The Kier molecular flexibility index (Phi) is 2.28. The van der Waals surface area contributed by atoms with Crippen LogP contribution in [-0.2, 0) is 0 Å². The minimum absolute atomic E-state index is 0.447. The first-order valence-corrected chi connectivity index (χ1v) is 4.69. The fourth-order valence-corrected chi connectivity index (χ4v) is 1.59. The predicted molar refractivity (Wildman–Crippen MR) is 54.1 cm³/mol. The molecule has 0 saturated heterocycles. The average Bonchev–Trinajstić information content (AvgIpc) is 2.65. The van der Waals surface area contributed by atoms with Crippen molar-refractivity contribution in [2.24, 2.45) is 0 Å². The van der Waals surface area contributed by atoms with Crippen molar-refractivity contribution < 1.29 is 4.74 Å². The molecule has 14 heavy (non-hydrogen) atoms. The van der Waals surface area contributed by atoms with Gasteiger partial charge in [0.25, 0.3) is 0 Å². The molecular formula is C8H8N4OS. The van der Waals surface area contributed by atoms with E-state index in [2.05, 4.69) is 15.2 Å². The molecule has 2 N–H and O–H groups in total. The highest BCUT2D eigenvalue weighted by Gasteiger charge is 2.05. The maximum Gasteiger partial charge on any atom is 0.203 e. The SMILES string of the molecule is COc1cncc(-c2nnc(N)s2)c1. The topological polar surface area (TPSA) is 73.9 Å². The monoisotopic (exact) mass is 208 g/mol. The number of pyridine rings is 1. The first kappa shape index (κ1) is 8.89. The van der Waals surface area contributed by atoms with Crippen LogP contribution in [0.1, 0.15) is 0 Å². The van der Waals surface area contributed by atoms with Crippen LogP contribution in [0.5, 0.6) is 5.75 Å². The Morgan fingerprint density at radius 1 is 1.36 bits per heavy atom. The number of aromatic nitrogens is 3. The molecule has 0 radical (unpaired) electrons. The zero-order chi connectivity index (χ0) is 9.97. The van der Waals surface area contributed by atoms with Crippen molar-refractivity contribution in [1.82, 2.24) is 15.2 Å². The van der Waals surface area contributed by atoms with E-state index in [9.17, 15) is 0 Å². The highest BCUT2D eigenvalue weighted by atomic mass is 32.1. The number of nitrogens with zero attached hydrogens (tertiary/aromatic N) is 3. The summed E-state index contributed by atoms with van der Waals surface area (Å²) in [6.07, 6.45) is 3.33. The van der Waals surface area contributed by atoms with Crippen molar-refractivity contribution in [3.8, 4) is 16.3 Å². The van der Waals surface area contributed by atoms with E-state index in [0.717, 1.165) is 10.6 Å². The van der Waals surface area contributed by atoms with Gasteiger partial charge >= 0.3 is 0 Å². The van der Waals surface area contributed by atoms with Gasteiger partial charge in [-0.2, -0.15) is 0 Å². The van der Waals surface area contributed by atoms with Gasteiger partial charge in [0.1, 0.15) is 5.75 Å². The first-order chi connectivity index (χ1) is 6.79. The van der Waals surface area contributed by atoms with E-state index >= 15 is 0 Å². The maximum absolute atomic E-state index is 5.48. The molecule has 6 heteroatoms. The minimum Gasteiger partial charge on any atom is -0.495 e. The summed E-state index contributed by atoms with van der Waals surface area (Å²) in [6.45, 7) is 0. The van der Waals surface area contributed by atoms with Gasteiger partial charge in [-0.15, -0.1) is 10.2 Å². The summed E-state index contributed by atoms with van der Waals surface area (Å²) in [5.41, 5.74) is 6.34. The lowest BCUT2D eigenvalue weighted by molar-refractivity contribution is 0.413. The van der Waals surface area contributed by atoms with Gasteiger partial charge in [0.05, 0.1) is 13.3 Å². The van der Waals surface area contributed by atoms with Crippen LogP contribution in [0.15, 0.2) is 18.5 Å². The number of rotatable bonds is 2. The molecule has 0 atom stereocenters. The summed E-state index contributed by atoms with van der Waals surface area (Å²) in [6, 6.07) is 1.84. The van der Waals surface area contributed by atoms with Crippen LogP contribution < -0.4 is 10.5 Å². The zero-order valence-corrected chi connectivity index (χ0v) is 8.28. The van der Waals surface area contributed by atoms with Crippen LogP contribution in [-0.4, -0.2) is 22.3 Å². The normalized spacial score (nSPS) is 10.1. The van der Waals surface area contributed by atoms with Gasteiger partial charge in [-0.05, 0) is 6.07 Å². The molecule has 0 aliphatic rings. The largest absolute Gasteiger partial charge is 0.495 e. The average molecular weight is 208 g/mol. The summed E-state index contributed by atoms with van der Waals surface area (Å²) < 4.78 is 5.05. The molecule has 0 aliphatic heterocycles. The number of nitrogens with two attached hydrogens (primary N) is 1. The van der Waals surface area contributed by atoms with E-state index in [0.29, 0.717) is 10.9 Å². The summed E-state index contributed by atoms with van der Waals surface area (Å²) >= 11 is 1.32. The van der Waals surface area contributed by atoms with Gasteiger partial charge < -0.3 is 10.5 Å². The molecule has 72 valence electrons. The van der Waals surface area contributed by atoms with Crippen LogP contribution in [0, 0.1) is 0 Å². The smallest absolute Gasteiger partial charge is 0.203 e. The fourth-order valence-electron chi connectivity index (χ4n) is 0.999. The second kappa shape index (κ2) is 3.59. The highest BCUT2D eigenvalue weighted by Crippen LogP contribution is 2.26. The Hall–Kier alpha value is -1.69. The van der Waals surface area contributed by atoms with Gasteiger partial charge in [-0.3, -0.25) is 4.98 Å². The van der Waals surface area contributed by atoms with E-state index in [1.807, 2.05) is 6.07 Å². The van der Waals surface area contributed by atoms with Gasteiger partial charge in [-0.25, -0.2) is 0 Å². The lowest BCUT2D eigenvalue weighted by Crippen LogP contribution is -1.85. The van der Waals surface area contributed by atoms with E-state index < -0.39 is 0 Å². The van der Waals surface area contributed by atoms with Crippen molar-refractivity contribution in [2.75, 3.05) is 12.8 Å². The molecule has 0 amide bonds. The molecule has 0 bridgehead atoms. The van der Waals surface area contributed by atoms with Crippen molar-refractivity contribution in [3.63, 3.8) is 0 Å². The van der Waals surface area contributed by atoms with Crippen LogP contribution in [0.2, 0.25) is 0 Å². The van der Waals surface area contributed by atoms with Crippen LogP contribution in [0.25, 0.3) is 10.6 Å². The molecule has 5 nitrogen and oxygen atoms in total. The molecule has 2 rings (SSSR count). The number of hydrogen-bond acceptors (Lipinski definition) is 6. The quantitative estimate of drug-likeness (QED) is 0.802.